The van der Waals surface area contributed by atoms with E-state index in [0.717, 1.165) is 4.88 Å². The van der Waals surface area contributed by atoms with Crippen LogP contribution < -0.4 is 5.32 Å². The Morgan fingerprint density at radius 2 is 2.50 bits per heavy atom. The van der Waals surface area contributed by atoms with Gasteiger partial charge >= 0.3 is 0 Å². The lowest BCUT2D eigenvalue weighted by Gasteiger charge is -2.01. The molecule has 0 saturated carbocycles. The van der Waals surface area contributed by atoms with E-state index >= 15 is 0 Å². The SMILES string of the molecule is O[C@@H]1CN[C@H](c2nc(-c3cccs3)no2)C1. The second kappa shape index (κ2) is 3.97. The molecule has 0 aromatic carbocycles. The number of hydrogen-bond donors (Lipinski definition) is 2. The van der Waals surface area contributed by atoms with Crippen LogP contribution in [0.5, 0.6) is 0 Å². The van der Waals surface area contributed by atoms with Crippen molar-refractivity contribution >= 4 is 11.3 Å². The van der Waals surface area contributed by atoms with Crippen molar-refractivity contribution in [3.8, 4) is 10.7 Å². The maximum atomic E-state index is 9.40. The number of nitrogens with one attached hydrogen (secondary N) is 1. The van der Waals surface area contributed by atoms with Crippen LogP contribution in [0.3, 0.4) is 0 Å². The Morgan fingerprint density at radius 1 is 1.56 bits per heavy atom. The molecule has 5 nitrogen and oxygen atoms in total. The van der Waals surface area contributed by atoms with E-state index < -0.39 is 0 Å². The van der Waals surface area contributed by atoms with Gasteiger partial charge in [0.1, 0.15) is 0 Å². The minimum Gasteiger partial charge on any atom is -0.392 e. The van der Waals surface area contributed by atoms with Gasteiger partial charge in [0, 0.05) is 6.54 Å². The van der Waals surface area contributed by atoms with E-state index in [1.165, 1.54) is 0 Å². The van der Waals surface area contributed by atoms with E-state index in [0.29, 0.717) is 24.7 Å². The Kier molecular flexibility index (Phi) is 2.47. The van der Waals surface area contributed by atoms with Crippen LogP contribution in [0, 0.1) is 0 Å². The standard InChI is InChI=1S/C10H11N3O2S/c14-6-4-7(11-5-6)10-12-9(13-15-10)8-2-1-3-16-8/h1-3,6-7,11,14H,4-5H2/t6-,7-/m0/s1. The molecule has 0 radical (unpaired) electrons. The van der Waals surface area contributed by atoms with Crippen molar-refractivity contribution in [1.82, 2.24) is 15.5 Å². The summed E-state index contributed by atoms with van der Waals surface area (Å²) in [5.41, 5.74) is 0. The molecule has 1 aliphatic heterocycles. The fourth-order valence-electron chi connectivity index (χ4n) is 1.79. The molecule has 2 aromatic rings. The molecule has 84 valence electrons. The van der Waals surface area contributed by atoms with E-state index in [1.807, 2.05) is 17.5 Å². The van der Waals surface area contributed by atoms with E-state index in [1.54, 1.807) is 11.3 Å². The monoisotopic (exact) mass is 237 g/mol. The molecule has 6 heteroatoms. The lowest BCUT2D eigenvalue weighted by Crippen LogP contribution is -2.15. The maximum Gasteiger partial charge on any atom is 0.244 e. The van der Waals surface area contributed by atoms with Crippen molar-refractivity contribution in [2.24, 2.45) is 0 Å². The van der Waals surface area contributed by atoms with Crippen molar-refractivity contribution in [3.05, 3.63) is 23.4 Å². The average Bonchev–Trinajstić information content (AvgIpc) is 2.97. The molecule has 0 aliphatic carbocycles. The predicted molar refractivity (Wildman–Crippen MR) is 59.0 cm³/mol. The Hall–Kier alpha value is -1.24. The highest BCUT2D eigenvalue weighted by atomic mass is 32.1. The molecule has 2 atom stereocenters. The molecular formula is C10H11N3O2S. The minimum absolute atomic E-state index is 0.0174. The van der Waals surface area contributed by atoms with Crippen LogP contribution in [0.15, 0.2) is 22.0 Å². The van der Waals surface area contributed by atoms with Crippen molar-refractivity contribution in [3.63, 3.8) is 0 Å². The summed E-state index contributed by atoms with van der Waals surface area (Å²) in [6, 6.07) is 3.89. The number of aromatic nitrogens is 2. The maximum absolute atomic E-state index is 9.40. The molecule has 0 bridgehead atoms. The molecule has 0 amide bonds. The van der Waals surface area contributed by atoms with Crippen molar-refractivity contribution in [2.75, 3.05) is 6.54 Å². The first-order valence-electron chi connectivity index (χ1n) is 5.12. The number of hydrogen-bond acceptors (Lipinski definition) is 6. The summed E-state index contributed by atoms with van der Waals surface area (Å²) in [7, 11) is 0. The summed E-state index contributed by atoms with van der Waals surface area (Å²) in [5, 5.41) is 18.4. The minimum atomic E-state index is -0.318. The largest absolute Gasteiger partial charge is 0.392 e. The third-order valence-corrected chi connectivity index (χ3v) is 3.45. The summed E-state index contributed by atoms with van der Waals surface area (Å²) in [6.45, 7) is 0.585. The second-order valence-corrected chi connectivity index (χ2v) is 4.73. The summed E-state index contributed by atoms with van der Waals surface area (Å²) < 4.78 is 5.19. The van der Waals surface area contributed by atoms with Gasteiger partial charge < -0.3 is 14.9 Å². The Labute approximate surface area is 96.1 Å². The highest BCUT2D eigenvalue weighted by molar-refractivity contribution is 7.13. The molecular weight excluding hydrogens is 226 g/mol. The number of thiophene rings is 1. The van der Waals surface area contributed by atoms with Gasteiger partial charge in [-0.1, -0.05) is 11.2 Å². The van der Waals surface area contributed by atoms with Gasteiger partial charge in [0.15, 0.2) is 0 Å². The first-order valence-corrected chi connectivity index (χ1v) is 6.00. The van der Waals surface area contributed by atoms with Crippen LogP contribution >= 0.6 is 11.3 Å². The molecule has 3 heterocycles. The summed E-state index contributed by atoms with van der Waals surface area (Å²) in [4.78, 5) is 5.32. The van der Waals surface area contributed by atoms with Crippen LogP contribution in [-0.2, 0) is 0 Å². The topological polar surface area (TPSA) is 71.2 Å². The van der Waals surface area contributed by atoms with Crippen LogP contribution in [0.2, 0.25) is 0 Å². The first kappa shape index (κ1) is 9.95. The van der Waals surface area contributed by atoms with Gasteiger partial charge in [-0.05, 0) is 17.9 Å². The Bertz CT molecular complexity index is 468. The number of nitrogens with zero attached hydrogens (tertiary/aromatic N) is 2. The molecule has 3 rings (SSSR count). The normalized spacial score (nSPS) is 25.1. The Balaban J connectivity index is 1.83. The van der Waals surface area contributed by atoms with Gasteiger partial charge in [-0.2, -0.15) is 4.98 Å². The zero-order valence-corrected chi connectivity index (χ0v) is 9.28. The van der Waals surface area contributed by atoms with E-state index in [9.17, 15) is 5.11 Å². The first-order chi connectivity index (χ1) is 7.83. The van der Waals surface area contributed by atoms with Crippen molar-refractivity contribution in [1.29, 1.82) is 0 Å². The third-order valence-electron chi connectivity index (χ3n) is 2.59. The second-order valence-electron chi connectivity index (χ2n) is 3.78. The quantitative estimate of drug-likeness (QED) is 0.821. The average molecular weight is 237 g/mol. The van der Waals surface area contributed by atoms with Gasteiger partial charge in [0.25, 0.3) is 0 Å². The molecule has 1 saturated heterocycles. The van der Waals surface area contributed by atoms with Gasteiger partial charge in [0.2, 0.25) is 11.7 Å². The Morgan fingerprint density at radius 3 is 3.19 bits per heavy atom. The van der Waals surface area contributed by atoms with Gasteiger partial charge in [-0.25, -0.2) is 0 Å². The lowest BCUT2D eigenvalue weighted by molar-refractivity contribution is 0.191. The summed E-state index contributed by atoms with van der Waals surface area (Å²) >= 11 is 1.58. The van der Waals surface area contributed by atoms with Gasteiger partial charge in [-0.15, -0.1) is 11.3 Å². The zero-order chi connectivity index (χ0) is 11.0. The zero-order valence-electron chi connectivity index (χ0n) is 8.46. The highest BCUT2D eigenvalue weighted by Gasteiger charge is 2.28. The molecule has 1 fully saturated rings. The van der Waals surface area contributed by atoms with Crippen LogP contribution in [0.4, 0.5) is 0 Å². The van der Waals surface area contributed by atoms with E-state index in [-0.39, 0.29) is 12.1 Å². The predicted octanol–water partition coefficient (Wildman–Crippen LogP) is 1.19. The number of rotatable bonds is 2. The molecule has 16 heavy (non-hydrogen) atoms. The summed E-state index contributed by atoms with van der Waals surface area (Å²) in [6.07, 6.45) is 0.314. The number of β-amino-alcohol motifs (C(OH)–C–C–N with tert-alkyl or cyclic N) is 1. The molecule has 1 aliphatic rings. The van der Waals surface area contributed by atoms with Gasteiger partial charge in [0.05, 0.1) is 17.0 Å². The highest BCUT2D eigenvalue weighted by Crippen LogP contribution is 2.26. The van der Waals surface area contributed by atoms with E-state index in [4.69, 9.17) is 4.52 Å². The number of aliphatic hydroxyl groups excluding tert-OH is 1. The van der Waals surface area contributed by atoms with Crippen molar-refractivity contribution < 1.29 is 9.63 Å². The van der Waals surface area contributed by atoms with Crippen molar-refractivity contribution in [2.45, 2.75) is 18.6 Å². The molecule has 2 aromatic heterocycles. The fraction of sp³-hybridized carbons (Fsp3) is 0.400. The van der Waals surface area contributed by atoms with Crippen LogP contribution in [0.25, 0.3) is 10.7 Å². The van der Waals surface area contributed by atoms with E-state index in [2.05, 4.69) is 15.5 Å². The smallest absolute Gasteiger partial charge is 0.244 e. The van der Waals surface area contributed by atoms with Gasteiger partial charge in [-0.3, -0.25) is 0 Å². The molecule has 0 spiro atoms. The van der Waals surface area contributed by atoms with Crippen LogP contribution in [-0.4, -0.2) is 27.9 Å². The third kappa shape index (κ3) is 1.75. The lowest BCUT2D eigenvalue weighted by atomic mass is 10.2. The van der Waals surface area contributed by atoms with Crippen LogP contribution in [0.1, 0.15) is 18.4 Å². The number of aliphatic hydroxyl groups is 1. The molecule has 2 N–H and O–H groups in total. The fourth-order valence-corrected chi connectivity index (χ4v) is 2.44. The molecule has 0 unspecified atom stereocenters. The summed E-state index contributed by atoms with van der Waals surface area (Å²) in [5.74, 6) is 1.17.